The molecule has 0 aromatic heterocycles. The standard InChI is InChI=1S/C10H18FNO4S/c1-9(2,3)16-8(13)12-6-10(11)4-5-17(14,15)7-10/h4-7H2,1-3H3,(H,12,13). The highest BCUT2D eigenvalue weighted by Gasteiger charge is 2.43. The number of halogens is 1. The first kappa shape index (κ1) is 14.2. The number of carbonyl (C=O) groups is 1. The number of sulfone groups is 1. The summed E-state index contributed by atoms with van der Waals surface area (Å²) in [4.78, 5) is 11.3. The molecule has 1 aliphatic rings. The van der Waals surface area contributed by atoms with Gasteiger partial charge in [-0.2, -0.15) is 0 Å². The highest BCUT2D eigenvalue weighted by atomic mass is 32.2. The molecule has 17 heavy (non-hydrogen) atoms. The van der Waals surface area contributed by atoms with E-state index in [9.17, 15) is 17.6 Å². The first-order chi connectivity index (χ1) is 7.52. The summed E-state index contributed by atoms with van der Waals surface area (Å²) < 4.78 is 41.2. The molecular weight excluding hydrogens is 249 g/mol. The number of hydrogen-bond donors (Lipinski definition) is 1. The van der Waals surface area contributed by atoms with Gasteiger partial charge < -0.3 is 10.1 Å². The van der Waals surface area contributed by atoms with Crippen LogP contribution in [0.1, 0.15) is 27.2 Å². The van der Waals surface area contributed by atoms with Crippen molar-refractivity contribution in [3.8, 4) is 0 Å². The minimum atomic E-state index is -3.30. The van der Waals surface area contributed by atoms with Gasteiger partial charge in [0.1, 0.15) is 11.3 Å². The second-order valence-electron chi connectivity index (χ2n) is 5.35. The first-order valence-electron chi connectivity index (χ1n) is 5.38. The monoisotopic (exact) mass is 267 g/mol. The summed E-state index contributed by atoms with van der Waals surface area (Å²) in [6.07, 6.45) is -0.815. The molecule has 100 valence electrons. The summed E-state index contributed by atoms with van der Waals surface area (Å²) in [5.41, 5.74) is -2.52. The second kappa shape index (κ2) is 4.44. The third-order valence-corrected chi connectivity index (χ3v) is 4.07. The van der Waals surface area contributed by atoms with Gasteiger partial charge in [-0.1, -0.05) is 0 Å². The normalized spacial score (nSPS) is 27.8. The number of alkyl halides is 1. The van der Waals surface area contributed by atoms with E-state index in [1.807, 2.05) is 0 Å². The maximum atomic E-state index is 14.0. The molecule has 0 bridgehead atoms. The van der Waals surface area contributed by atoms with Crippen LogP contribution in [0.4, 0.5) is 9.18 Å². The number of hydrogen-bond acceptors (Lipinski definition) is 4. The van der Waals surface area contributed by atoms with Gasteiger partial charge in [0.15, 0.2) is 9.84 Å². The van der Waals surface area contributed by atoms with Gasteiger partial charge in [-0.15, -0.1) is 0 Å². The van der Waals surface area contributed by atoms with E-state index in [1.165, 1.54) is 0 Å². The lowest BCUT2D eigenvalue weighted by Gasteiger charge is -2.22. The molecule has 1 amide bonds. The van der Waals surface area contributed by atoms with Crippen LogP contribution in [0.3, 0.4) is 0 Å². The molecule has 1 N–H and O–H groups in total. The van der Waals surface area contributed by atoms with Crippen molar-refractivity contribution < 1.29 is 22.3 Å². The molecule has 1 saturated heterocycles. The van der Waals surface area contributed by atoms with Crippen LogP contribution >= 0.6 is 0 Å². The lowest BCUT2D eigenvalue weighted by atomic mass is 10.1. The molecule has 0 aliphatic carbocycles. The van der Waals surface area contributed by atoms with Crippen molar-refractivity contribution >= 4 is 15.9 Å². The molecule has 1 rings (SSSR count). The minimum Gasteiger partial charge on any atom is -0.444 e. The fourth-order valence-corrected chi connectivity index (χ4v) is 3.42. The Morgan fingerprint density at radius 2 is 2.06 bits per heavy atom. The minimum absolute atomic E-state index is 0.0782. The zero-order valence-electron chi connectivity index (χ0n) is 10.2. The van der Waals surface area contributed by atoms with Gasteiger partial charge in [0.05, 0.1) is 18.1 Å². The van der Waals surface area contributed by atoms with Crippen molar-refractivity contribution in [1.82, 2.24) is 5.32 Å². The highest BCUT2D eigenvalue weighted by molar-refractivity contribution is 7.91. The van der Waals surface area contributed by atoms with Gasteiger partial charge in [-0.05, 0) is 27.2 Å². The van der Waals surface area contributed by atoms with Gasteiger partial charge >= 0.3 is 6.09 Å². The van der Waals surface area contributed by atoms with Crippen LogP contribution in [0.25, 0.3) is 0 Å². The average Bonchev–Trinajstić information content (AvgIpc) is 2.36. The summed E-state index contributed by atoms with van der Waals surface area (Å²) >= 11 is 0. The highest BCUT2D eigenvalue weighted by Crippen LogP contribution is 2.26. The van der Waals surface area contributed by atoms with Crippen molar-refractivity contribution in [1.29, 1.82) is 0 Å². The molecule has 0 radical (unpaired) electrons. The van der Waals surface area contributed by atoms with Crippen LogP contribution < -0.4 is 5.32 Å². The third-order valence-electron chi connectivity index (χ3n) is 2.29. The van der Waals surface area contributed by atoms with Crippen LogP contribution in [0, 0.1) is 0 Å². The van der Waals surface area contributed by atoms with Crippen LogP contribution in [0.5, 0.6) is 0 Å². The van der Waals surface area contributed by atoms with Crippen LogP contribution in [-0.4, -0.2) is 43.8 Å². The SMILES string of the molecule is CC(C)(C)OC(=O)NCC1(F)CCS(=O)(=O)C1. The van der Waals surface area contributed by atoms with Gasteiger partial charge in [-0.25, -0.2) is 17.6 Å². The fourth-order valence-electron chi connectivity index (χ4n) is 1.56. The third kappa shape index (κ3) is 4.89. The summed E-state index contributed by atoms with van der Waals surface area (Å²) in [6.45, 7) is 4.74. The molecule has 1 aliphatic heterocycles. The quantitative estimate of drug-likeness (QED) is 0.811. The average molecular weight is 267 g/mol. The Hall–Kier alpha value is -0.850. The summed E-state index contributed by atoms with van der Waals surface area (Å²) in [5.74, 6) is -0.699. The number of rotatable bonds is 2. The van der Waals surface area contributed by atoms with E-state index in [0.29, 0.717) is 0 Å². The van der Waals surface area contributed by atoms with Crippen molar-refractivity contribution in [2.24, 2.45) is 0 Å². The Kier molecular flexibility index (Phi) is 3.71. The van der Waals surface area contributed by atoms with Crippen LogP contribution in [-0.2, 0) is 14.6 Å². The molecule has 0 aromatic carbocycles. The number of ether oxygens (including phenoxy) is 1. The van der Waals surface area contributed by atoms with E-state index in [0.717, 1.165) is 0 Å². The maximum absolute atomic E-state index is 14.0. The van der Waals surface area contributed by atoms with E-state index in [2.05, 4.69) is 5.32 Å². The fraction of sp³-hybridized carbons (Fsp3) is 0.900. The molecule has 1 heterocycles. The lowest BCUT2D eigenvalue weighted by molar-refractivity contribution is 0.0488. The molecule has 0 aromatic rings. The number of nitrogens with one attached hydrogen (secondary N) is 1. The van der Waals surface area contributed by atoms with Crippen LogP contribution in [0.2, 0.25) is 0 Å². The van der Waals surface area contributed by atoms with Gasteiger partial charge in [0.25, 0.3) is 0 Å². The topological polar surface area (TPSA) is 72.5 Å². The van der Waals surface area contributed by atoms with Gasteiger partial charge in [0, 0.05) is 0 Å². The summed E-state index contributed by atoms with van der Waals surface area (Å²) in [5, 5.41) is 2.26. The van der Waals surface area contributed by atoms with E-state index in [-0.39, 0.29) is 18.7 Å². The Labute approximate surface area is 101 Å². The zero-order chi connectivity index (χ0) is 13.3. The Morgan fingerprint density at radius 1 is 1.47 bits per heavy atom. The van der Waals surface area contributed by atoms with Crippen molar-refractivity contribution in [2.75, 3.05) is 18.1 Å². The van der Waals surface area contributed by atoms with E-state index >= 15 is 0 Å². The van der Waals surface area contributed by atoms with Crippen molar-refractivity contribution in [2.45, 2.75) is 38.5 Å². The van der Waals surface area contributed by atoms with Crippen molar-refractivity contribution in [3.63, 3.8) is 0 Å². The van der Waals surface area contributed by atoms with E-state index < -0.39 is 33.0 Å². The Balaban J connectivity index is 2.44. The van der Waals surface area contributed by atoms with Gasteiger partial charge in [-0.3, -0.25) is 0 Å². The first-order valence-corrected chi connectivity index (χ1v) is 7.20. The molecule has 1 atom stereocenters. The second-order valence-corrected chi connectivity index (χ2v) is 7.53. The van der Waals surface area contributed by atoms with Crippen molar-refractivity contribution in [3.05, 3.63) is 0 Å². The maximum Gasteiger partial charge on any atom is 0.407 e. The molecule has 5 nitrogen and oxygen atoms in total. The van der Waals surface area contributed by atoms with E-state index in [1.54, 1.807) is 20.8 Å². The molecule has 1 fully saturated rings. The summed E-state index contributed by atoms with van der Waals surface area (Å²) in [7, 11) is -3.30. The summed E-state index contributed by atoms with van der Waals surface area (Å²) in [6, 6.07) is 0. The number of alkyl carbamates (subject to hydrolysis) is 1. The molecular formula is C10H18FNO4S. The Bertz CT molecular complexity index is 401. The lowest BCUT2D eigenvalue weighted by Crippen LogP contribution is -2.42. The predicted octanol–water partition coefficient (Wildman–Crippen LogP) is 1.04. The smallest absolute Gasteiger partial charge is 0.407 e. The van der Waals surface area contributed by atoms with E-state index in [4.69, 9.17) is 4.74 Å². The largest absolute Gasteiger partial charge is 0.444 e. The van der Waals surface area contributed by atoms with Crippen LogP contribution in [0.15, 0.2) is 0 Å². The molecule has 0 spiro atoms. The number of amides is 1. The molecule has 1 unspecified atom stereocenters. The molecule has 7 heteroatoms. The number of carbonyl (C=O) groups excluding carboxylic acids is 1. The predicted molar refractivity (Wildman–Crippen MR) is 61.3 cm³/mol. The Morgan fingerprint density at radius 3 is 2.47 bits per heavy atom. The van der Waals surface area contributed by atoms with Gasteiger partial charge in [0.2, 0.25) is 0 Å². The molecule has 0 saturated carbocycles. The zero-order valence-corrected chi connectivity index (χ0v) is 11.1.